The molecule has 0 aromatic heterocycles. The number of para-hydroxylation sites is 1. The average Bonchev–Trinajstić information content (AvgIpc) is 3.76. The molecule has 0 amide bonds. The van der Waals surface area contributed by atoms with E-state index >= 15 is 0 Å². The Bertz CT molecular complexity index is 2620. The molecule has 53 heavy (non-hydrogen) atoms. The summed E-state index contributed by atoms with van der Waals surface area (Å²) >= 11 is 0. The van der Waals surface area contributed by atoms with Gasteiger partial charge in [0, 0.05) is 22.2 Å². The molecule has 0 saturated carbocycles. The van der Waals surface area contributed by atoms with Crippen LogP contribution in [0.1, 0.15) is 47.2 Å². The summed E-state index contributed by atoms with van der Waals surface area (Å²) in [5.41, 5.74) is 19.4. The molecule has 1 nitrogen and oxygen atoms in total. The predicted octanol–water partition coefficient (Wildman–Crippen LogP) is 13.3. The van der Waals surface area contributed by atoms with Crippen LogP contribution in [0.3, 0.4) is 0 Å². The van der Waals surface area contributed by atoms with Crippen LogP contribution in [0.4, 0.5) is 11.4 Å². The highest BCUT2D eigenvalue weighted by Gasteiger charge is 2.55. The van der Waals surface area contributed by atoms with E-state index in [1.807, 2.05) is 6.08 Å². The Labute approximate surface area is 312 Å². The maximum Gasteiger partial charge on any atom is 0.0881 e. The molecule has 0 radical (unpaired) electrons. The van der Waals surface area contributed by atoms with Gasteiger partial charge in [0.25, 0.3) is 0 Å². The number of allylic oxidation sites excluding steroid dienone is 5. The Hall–Kier alpha value is -6.44. The largest absolute Gasteiger partial charge is 0.311 e. The molecule has 0 saturated heterocycles. The van der Waals surface area contributed by atoms with Gasteiger partial charge in [-0.15, -0.1) is 0 Å². The van der Waals surface area contributed by atoms with Gasteiger partial charge in [-0.25, -0.2) is 0 Å². The first-order valence-electron chi connectivity index (χ1n) is 18.6. The summed E-state index contributed by atoms with van der Waals surface area (Å²) in [5, 5.41) is 0. The molecule has 0 N–H and O–H groups in total. The standard InChI is InChI=1S/C52H39N/c1-4-5-21-43-41-26-12-17-30-47(41)52(45-28-15-10-24-39(45)40-25-11-16-29-46(40)52)50(43)53(49-31-18-13-22-37(49)35-19-7-6-8-20-35)36-32-33-42-38-23-9-14-27-44(38)51(2,3)48(42)34-36/h4-34H,1H2,2-3H3/b21-5-. The van der Waals surface area contributed by atoms with Crippen molar-refractivity contribution >= 4 is 16.9 Å². The fraction of sp³-hybridized carbons (Fsp3) is 0.0769. The van der Waals surface area contributed by atoms with E-state index in [0.717, 1.165) is 11.4 Å². The summed E-state index contributed by atoms with van der Waals surface area (Å²) in [5.74, 6) is 0. The Balaban J connectivity index is 1.37. The molecule has 0 heterocycles. The summed E-state index contributed by atoms with van der Waals surface area (Å²) in [6, 6.07) is 63.0. The van der Waals surface area contributed by atoms with Crippen molar-refractivity contribution in [1.29, 1.82) is 0 Å². The number of anilines is 2. The number of nitrogens with zero attached hydrogens (tertiary/aromatic N) is 1. The molecule has 0 atom stereocenters. The fourth-order valence-corrected chi connectivity index (χ4v) is 9.65. The highest BCUT2D eigenvalue weighted by atomic mass is 15.2. The maximum absolute atomic E-state index is 4.13. The van der Waals surface area contributed by atoms with Gasteiger partial charge in [0.1, 0.15) is 0 Å². The van der Waals surface area contributed by atoms with E-state index in [-0.39, 0.29) is 5.41 Å². The molecule has 252 valence electrons. The molecule has 3 aliphatic rings. The lowest BCUT2D eigenvalue weighted by atomic mass is 9.71. The van der Waals surface area contributed by atoms with E-state index in [1.165, 1.54) is 78.0 Å². The van der Waals surface area contributed by atoms with Gasteiger partial charge in [0.05, 0.1) is 16.8 Å². The van der Waals surface area contributed by atoms with Crippen molar-refractivity contribution in [3.05, 3.63) is 234 Å². The number of rotatable bonds is 6. The van der Waals surface area contributed by atoms with Gasteiger partial charge in [-0.05, 0) is 79.4 Å². The van der Waals surface area contributed by atoms with Crippen LogP contribution in [-0.4, -0.2) is 0 Å². The van der Waals surface area contributed by atoms with E-state index < -0.39 is 5.41 Å². The van der Waals surface area contributed by atoms with Crippen LogP contribution in [0.2, 0.25) is 0 Å². The van der Waals surface area contributed by atoms with Gasteiger partial charge in [-0.1, -0.05) is 190 Å². The third-order valence-corrected chi connectivity index (χ3v) is 11.9. The molecule has 0 aliphatic heterocycles. The van der Waals surface area contributed by atoms with E-state index in [0.29, 0.717) is 0 Å². The monoisotopic (exact) mass is 677 g/mol. The average molecular weight is 678 g/mol. The van der Waals surface area contributed by atoms with Crippen molar-refractivity contribution in [2.45, 2.75) is 24.7 Å². The Morgan fingerprint density at radius 2 is 0.962 bits per heavy atom. The lowest BCUT2D eigenvalue weighted by Crippen LogP contribution is -2.36. The zero-order chi connectivity index (χ0) is 35.7. The zero-order valence-corrected chi connectivity index (χ0v) is 30.1. The number of benzene rings is 7. The van der Waals surface area contributed by atoms with Gasteiger partial charge in [-0.2, -0.15) is 0 Å². The van der Waals surface area contributed by atoms with Gasteiger partial charge in [0.2, 0.25) is 0 Å². The molecule has 3 aliphatic carbocycles. The minimum atomic E-state index is -0.591. The quantitative estimate of drug-likeness (QED) is 0.158. The van der Waals surface area contributed by atoms with Crippen LogP contribution in [0.25, 0.3) is 39.0 Å². The van der Waals surface area contributed by atoms with E-state index in [4.69, 9.17) is 0 Å². The lowest BCUT2D eigenvalue weighted by Gasteiger charge is -2.40. The number of hydrogen-bond acceptors (Lipinski definition) is 1. The highest BCUT2D eigenvalue weighted by Crippen LogP contribution is 2.64. The summed E-state index contributed by atoms with van der Waals surface area (Å²) in [7, 11) is 0. The highest BCUT2D eigenvalue weighted by molar-refractivity contribution is 6.01. The minimum Gasteiger partial charge on any atom is -0.311 e. The van der Waals surface area contributed by atoms with Crippen molar-refractivity contribution in [2.75, 3.05) is 4.90 Å². The van der Waals surface area contributed by atoms with Crippen molar-refractivity contribution in [3.8, 4) is 33.4 Å². The summed E-state index contributed by atoms with van der Waals surface area (Å²) in [6.07, 6.45) is 6.28. The minimum absolute atomic E-state index is 0.157. The zero-order valence-electron chi connectivity index (χ0n) is 30.1. The Morgan fingerprint density at radius 3 is 1.60 bits per heavy atom. The maximum atomic E-state index is 4.13. The molecular weight excluding hydrogens is 639 g/mol. The molecule has 7 aromatic carbocycles. The Morgan fingerprint density at radius 1 is 0.472 bits per heavy atom. The second-order valence-electron chi connectivity index (χ2n) is 14.9. The second kappa shape index (κ2) is 11.8. The molecule has 10 rings (SSSR count). The van der Waals surface area contributed by atoms with E-state index in [2.05, 4.69) is 207 Å². The van der Waals surface area contributed by atoms with Gasteiger partial charge in [-0.3, -0.25) is 0 Å². The third kappa shape index (κ3) is 4.31. The van der Waals surface area contributed by atoms with Gasteiger partial charge in [0.15, 0.2) is 0 Å². The van der Waals surface area contributed by atoms with E-state index in [9.17, 15) is 0 Å². The number of hydrogen-bond donors (Lipinski definition) is 0. The Kier molecular flexibility index (Phi) is 6.97. The second-order valence-corrected chi connectivity index (χ2v) is 14.9. The molecule has 7 aromatic rings. The smallest absolute Gasteiger partial charge is 0.0881 e. The van der Waals surface area contributed by atoms with Crippen LogP contribution in [0.5, 0.6) is 0 Å². The van der Waals surface area contributed by atoms with E-state index in [1.54, 1.807) is 0 Å². The summed E-state index contributed by atoms with van der Waals surface area (Å²) in [6.45, 7) is 8.88. The molecule has 0 bridgehead atoms. The van der Waals surface area contributed by atoms with Crippen LogP contribution >= 0.6 is 0 Å². The molecule has 0 unspecified atom stereocenters. The normalized spacial score (nSPS) is 15.2. The van der Waals surface area contributed by atoms with Crippen molar-refractivity contribution in [3.63, 3.8) is 0 Å². The van der Waals surface area contributed by atoms with Crippen LogP contribution < -0.4 is 4.90 Å². The molecular formula is C52H39N. The third-order valence-electron chi connectivity index (χ3n) is 11.9. The first-order chi connectivity index (χ1) is 26.0. The van der Waals surface area contributed by atoms with Gasteiger partial charge < -0.3 is 4.90 Å². The lowest BCUT2D eigenvalue weighted by molar-refractivity contribution is 0.660. The van der Waals surface area contributed by atoms with Crippen molar-refractivity contribution < 1.29 is 0 Å². The van der Waals surface area contributed by atoms with Crippen molar-refractivity contribution in [2.24, 2.45) is 0 Å². The molecule has 1 heteroatoms. The first-order valence-corrected chi connectivity index (χ1v) is 18.6. The van der Waals surface area contributed by atoms with Crippen LogP contribution in [-0.2, 0) is 10.8 Å². The SMILES string of the molecule is C=C/C=C\C1=C(N(c2ccc3c(c2)C(C)(C)c2ccccc2-3)c2ccccc2-c2ccccc2)C2(c3ccccc31)c1ccccc1-c1ccccc12. The number of fused-ring (bicyclic) bond motifs is 10. The predicted molar refractivity (Wildman–Crippen MR) is 222 cm³/mol. The molecule has 1 spiro atoms. The van der Waals surface area contributed by atoms with Crippen LogP contribution in [0.15, 0.2) is 200 Å². The molecule has 0 fully saturated rings. The fourth-order valence-electron chi connectivity index (χ4n) is 9.65. The summed E-state index contributed by atoms with van der Waals surface area (Å²) < 4.78 is 0. The van der Waals surface area contributed by atoms with Crippen molar-refractivity contribution in [1.82, 2.24) is 0 Å². The topological polar surface area (TPSA) is 3.24 Å². The van der Waals surface area contributed by atoms with Gasteiger partial charge >= 0.3 is 0 Å². The summed E-state index contributed by atoms with van der Waals surface area (Å²) in [4.78, 5) is 2.60. The first kappa shape index (κ1) is 31.3. The van der Waals surface area contributed by atoms with Crippen LogP contribution in [0, 0.1) is 0 Å².